The molecule has 824 valence electrons. The lowest BCUT2D eigenvalue weighted by molar-refractivity contribution is -0.402. The van der Waals surface area contributed by atoms with Crippen molar-refractivity contribution in [3.05, 3.63) is 0 Å². The summed E-state index contributed by atoms with van der Waals surface area (Å²) in [6.45, 7) is -13.1. The van der Waals surface area contributed by atoms with E-state index >= 15 is 0 Å². The van der Waals surface area contributed by atoms with Crippen molar-refractivity contribution in [2.45, 2.75) is 399 Å². The van der Waals surface area contributed by atoms with Gasteiger partial charge in [0.1, 0.15) is 305 Å². The Kier molecular flexibility index (Phi) is 39.0. The third-order valence-electron chi connectivity index (χ3n) is 27.7. The predicted molar refractivity (Wildman–Crippen MR) is 427 cm³/mol. The van der Waals surface area contributed by atoms with Crippen LogP contribution in [0.3, 0.4) is 0 Å². The zero-order valence-corrected chi connectivity index (χ0v) is 75.1. The van der Waals surface area contributed by atoms with E-state index in [4.69, 9.17) is 123 Å². The van der Waals surface area contributed by atoms with Crippen LogP contribution < -0.4 is 0 Å². The van der Waals surface area contributed by atoms with E-state index in [-0.39, 0.29) is 0 Å². The summed E-state index contributed by atoms with van der Waals surface area (Å²) in [5.41, 5.74) is 0. The number of thioether (sulfide) groups is 1. The maximum Gasteiger partial charge on any atom is 0.187 e. The minimum Gasteiger partial charge on any atom is -0.394 e. The predicted octanol–water partition coefficient (Wildman–Crippen LogP) is -26.5. The van der Waals surface area contributed by atoms with E-state index in [2.05, 4.69) is 0 Å². The van der Waals surface area contributed by atoms with Crippen LogP contribution in [0.4, 0.5) is 0 Å². The van der Waals surface area contributed by atoms with Crippen molar-refractivity contribution in [2.75, 3.05) is 84.2 Å². The largest absolute Gasteiger partial charge is 0.394 e. The minimum atomic E-state index is -2.54. The third kappa shape index (κ3) is 22.6. The van der Waals surface area contributed by atoms with Crippen LogP contribution in [0.5, 0.6) is 0 Å². The molecule has 0 saturated carbocycles. The van der Waals surface area contributed by atoms with Crippen molar-refractivity contribution in [3.63, 3.8) is 0 Å². The maximum absolute atomic E-state index is 12.5. The SMILES string of the molecule is OCC1OC2OC3C(CO)OC(OC4C(CO)OC(OC5C(CSCC6OC7OC8C(CO)OC(OC9C(CO)OC(OC%10C(CO)OC(OC%11C(CO)OC(OC%12C(CO)OC(OC6C(O)C7O)C(O)C%12O)C(O)C%11O)C(O)C%10O)C(O)C9O)C(O)C8O)OC(OC6C(CO)OC(OC7C(CO)OC(OC8C(CO)OC(OC1C(O)C2O)C(O)C8O)C(O)C7O)C(O)C6O)C(O)C5O)C(O)C4O)C(O)C3O. The molecule has 26 bridgehead atoms. The highest BCUT2D eigenvalue weighted by Crippen LogP contribution is 2.45. The molecule has 43 aliphatic heterocycles. The summed E-state index contributed by atoms with van der Waals surface area (Å²) in [5, 5.41) is 426. The second kappa shape index (κ2) is 48.7. The van der Waals surface area contributed by atoms with Crippen molar-refractivity contribution < 1.29 is 312 Å². The van der Waals surface area contributed by atoms with Gasteiger partial charge < -0.3 is 312 Å². The molecule has 0 aromatic carbocycles. The first-order chi connectivity index (χ1) is 67.7. The van der Waals surface area contributed by atoms with E-state index in [1.807, 2.05) is 0 Å². The lowest BCUT2D eigenvalue weighted by Gasteiger charge is -2.51. The van der Waals surface area contributed by atoms with Gasteiger partial charge in [0, 0.05) is 11.5 Å². The van der Waals surface area contributed by atoms with E-state index in [1.54, 1.807) is 0 Å². The second-order valence-electron chi connectivity index (χ2n) is 36.7. The van der Waals surface area contributed by atoms with Gasteiger partial charge in [0.05, 0.1) is 84.9 Å². The number of hydrogen-bond donors (Lipinski definition) is 37. The van der Waals surface area contributed by atoms with Gasteiger partial charge in [-0.15, -0.1) is 0 Å². The third-order valence-corrected chi connectivity index (χ3v) is 28.8. The molecule has 64 heteroatoms. The summed E-state index contributed by atoms with van der Waals surface area (Å²) in [4.78, 5) is 0. The number of aliphatic hydroxyl groups excluding tert-OH is 37. The highest BCUT2D eigenvalue weighted by molar-refractivity contribution is 7.99. The summed E-state index contributed by atoms with van der Waals surface area (Å²) in [5.74, 6) is -1.61. The molecule has 0 aliphatic carbocycles. The Hall–Kier alpha value is -2.17. The zero-order chi connectivity index (χ0) is 103. The molecule has 43 fully saturated rings. The Morgan fingerprint density at radius 1 is 0.106 bits per heavy atom. The highest BCUT2D eigenvalue weighted by atomic mass is 32.2. The molecular weight excluding hydrogens is 1980 g/mol. The molecule has 43 heterocycles. The normalized spacial score (nSPS) is 55.8. The van der Waals surface area contributed by atoms with Crippen LogP contribution in [0.15, 0.2) is 0 Å². The first-order valence-electron chi connectivity index (χ1n) is 45.7. The molecule has 0 amide bonds. The van der Waals surface area contributed by atoms with Gasteiger partial charge in [-0.2, -0.15) is 11.8 Å². The van der Waals surface area contributed by atoms with Gasteiger partial charge in [-0.1, -0.05) is 0 Å². The van der Waals surface area contributed by atoms with Crippen LogP contribution in [0, 0.1) is 0 Å². The maximum atomic E-state index is 12.5. The fraction of sp³-hybridized carbons (Fsp3) is 1.00. The molecule has 142 heavy (non-hydrogen) atoms. The molecule has 0 aromatic heterocycles. The second-order valence-corrected chi connectivity index (χ2v) is 37.7. The van der Waals surface area contributed by atoms with Crippen molar-refractivity contribution >= 4 is 11.8 Å². The summed E-state index contributed by atoms with van der Waals surface area (Å²) in [6, 6.07) is 0. The Labute approximate surface area is 804 Å². The van der Waals surface area contributed by atoms with Crippen molar-refractivity contribution in [2.24, 2.45) is 0 Å². The van der Waals surface area contributed by atoms with Crippen molar-refractivity contribution in [1.29, 1.82) is 0 Å². The molecule has 43 saturated heterocycles. The van der Waals surface area contributed by atoms with Gasteiger partial charge >= 0.3 is 0 Å². The van der Waals surface area contributed by atoms with Gasteiger partial charge in [0.2, 0.25) is 0 Å². The standard InChI is InChI=1S/C78H128O63S/c79-1-14-53-28(91)41(104)67(117-14)132-56-17(4-82)121-71(45(108)32(56)95)136-60-21(8-86)125-75(49(112)36(60)99)140-64-25(127-77(51(114)38(64)101)138-62-23(10-88)123-73(47(110)34(62)97)134-58-19(6-84)119-69(43(106)30(58)93)130-54-15(2-80)116-66(129-53)40(103)27(54)90)12-142-13-26-65-39(102)52(115)78(128-26)139-63-24(11-89)124-74(48(111)35(63)98)135-59-20(7-85)120-70(44(107)31(59)94)131-55-16(3-81)118-68(42(105)29(55)92)133-57-18(5-83)122-72(46(109)33(57)96)137-61-22(9-87)126-76(141-65)50(113)37(61)100/h14-115H,1-13H2. The highest BCUT2D eigenvalue weighted by Gasteiger charge is 2.65. The Morgan fingerprint density at radius 2 is 0.183 bits per heavy atom. The van der Waals surface area contributed by atoms with E-state index in [9.17, 15) is 189 Å². The number of ether oxygens (including phenoxy) is 26. The Bertz CT molecular complexity index is 3800. The molecule has 43 rings (SSSR count). The van der Waals surface area contributed by atoms with Gasteiger partial charge in [-0.3, -0.25) is 0 Å². The van der Waals surface area contributed by atoms with Crippen LogP contribution in [0.1, 0.15) is 0 Å². The Balaban J connectivity index is 0.735. The molecule has 0 radical (unpaired) electrons. The summed E-state index contributed by atoms with van der Waals surface area (Å²) in [7, 11) is 0. The Morgan fingerprint density at radius 3 is 0.268 bits per heavy atom. The van der Waals surface area contributed by atoms with E-state index in [1.165, 1.54) is 0 Å². The molecule has 37 N–H and O–H groups in total. The molecule has 0 spiro atoms. The first-order valence-corrected chi connectivity index (χ1v) is 46.8. The monoisotopic (exact) mass is 2100 g/mol. The van der Waals surface area contributed by atoms with E-state index in [0.717, 1.165) is 0 Å². The lowest BCUT2D eigenvalue weighted by atomic mass is 9.95. The first kappa shape index (κ1) is 114. The summed E-state index contributed by atoms with van der Waals surface area (Å²) >= 11 is 0.530. The topological polar surface area (TPSA) is 988 Å². The van der Waals surface area contributed by atoms with Gasteiger partial charge in [0.25, 0.3) is 0 Å². The number of hydrogen-bond acceptors (Lipinski definition) is 64. The van der Waals surface area contributed by atoms with Gasteiger partial charge in [-0.25, -0.2) is 0 Å². The van der Waals surface area contributed by atoms with Gasteiger partial charge in [-0.05, 0) is 0 Å². The van der Waals surface area contributed by atoms with Crippen molar-refractivity contribution in [3.8, 4) is 0 Å². The fourth-order valence-electron chi connectivity index (χ4n) is 19.6. The molecule has 65 unspecified atom stereocenters. The van der Waals surface area contributed by atoms with Crippen molar-refractivity contribution in [1.82, 2.24) is 0 Å². The van der Waals surface area contributed by atoms with Crippen LogP contribution in [-0.4, -0.2) is 672 Å². The quantitative estimate of drug-likeness (QED) is 0.0724. The smallest absolute Gasteiger partial charge is 0.187 e. The van der Waals surface area contributed by atoms with Crippen LogP contribution in [-0.2, 0) is 123 Å². The fourth-order valence-corrected chi connectivity index (χ4v) is 20.8. The number of aliphatic hydroxyl groups is 37. The average Bonchev–Trinajstić information content (AvgIpc) is 0.797. The summed E-state index contributed by atoms with van der Waals surface area (Å²) < 4.78 is 153. The average molecular weight is 2110 g/mol. The molecule has 0 aromatic rings. The minimum absolute atomic E-state index is 0.530. The van der Waals surface area contributed by atoms with Crippen LogP contribution in [0.25, 0.3) is 0 Å². The van der Waals surface area contributed by atoms with Crippen LogP contribution >= 0.6 is 11.8 Å². The molecular formula is C78H128O63S. The number of rotatable bonds is 15. The molecule has 63 nitrogen and oxygen atoms in total. The molecule has 43 aliphatic rings. The van der Waals surface area contributed by atoms with Crippen LogP contribution in [0.2, 0.25) is 0 Å². The zero-order valence-electron chi connectivity index (χ0n) is 74.3. The summed E-state index contributed by atoms with van der Waals surface area (Å²) in [6.07, 6.45) is -144. The van der Waals surface area contributed by atoms with Gasteiger partial charge in [0.15, 0.2) is 81.8 Å². The molecule has 65 atom stereocenters. The lowest BCUT2D eigenvalue weighted by Crippen LogP contribution is -2.69. The van der Waals surface area contributed by atoms with E-state index in [0.29, 0.717) is 11.8 Å². The van der Waals surface area contributed by atoms with E-state index < -0.39 is 483 Å².